The first-order chi connectivity index (χ1) is 13.1. The van der Waals surface area contributed by atoms with Crippen molar-refractivity contribution in [2.45, 2.75) is 19.6 Å². The minimum Gasteiger partial charge on any atom is -0.489 e. The lowest BCUT2D eigenvalue weighted by atomic mass is 10.3. The third kappa shape index (κ3) is 5.55. The number of halogens is 1. The Hall–Kier alpha value is -2.87. The second kappa shape index (κ2) is 9.18. The molecule has 0 radical (unpaired) electrons. The van der Waals surface area contributed by atoms with E-state index in [9.17, 15) is 4.39 Å². The summed E-state index contributed by atoms with van der Waals surface area (Å²) in [6.45, 7) is 2.89. The van der Waals surface area contributed by atoms with Crippen LogP contribution >= 0.6 is 11.3 Å². The Labute approximate surface area is 161 Å². The number of aromatic nitrogens is 1. The normalized spacial score (nSPS) is 12.6. The summed E-state index contributed by atoms with van der Waals surface area (Å²) in [5, 5.41) is 8.33. The highest BCUT2D eigenvalue weighted by molar-refractivity contribution is 7.13. The lowest BCUT2D eigenvalue weighted by Gasteiger charge is -2.17. The van der Waals surface area contributed by atoms with Gasteiger partial charge in [-0.05, 0) is 30.5 Å². The number of oxazole rings is 1. The van der Waals surface area contributed by atoms with Crippen LogP contribution in [0, 0.1) is 5.82 Å². The molecule has 27 heavy (non-hydrogen) atoms. The van der Waals surface area contributed by atoms with Gasteiger partial charge in [-0.2, -0.15) is 0 Å². The molecule has 0 spiro atoms. The highest BCUT2D eigenvalue weighted by Gasteiger charge is 2.09. The summed E-state index contributed by atoms with van der Waals surface area (Å²) in [6.07, 6.45) is 1.47. The van der Waals surface area contributed by atoms with E-state index in [1.165, 1.54) is 12.1 Å². The molecule has 0 aliphatic carbocycles. The first kappa shape index (κ1) is 18.9. The predicted molar refractivity (Wildman–Crippen MR) is 105 cm³/mol. The zero-order valence-electron chi connectivity index (χ0n) is 15.1. The summed E-state index contributed by atoms with van der Waals surface area (Å²) in [5.74, 6) is 1.41. The molecular formula is C19H21FN4O2S. The Morgan fingerprint density at radius 1 is 1.33 bits per heavy atom. The first-order valence-corrected chi connectivity index (χ1v) is 9.37. The van der Waals surface area contributed by atoms with E-state index in [4.69, 9.17) is 9.15 Å². The van der Waals surface area contributed by atoms with E-state index in [2.05, 4.69) is 20.6 Å². The standard InChI is InChI=1S/C19H21FN4O2S/c1-13(26-16-6-3-5-14(20)9-16)10-22-19(21-2)23-11-15-12-25-18(24-15)17-7-4-8-27-17/h3-9,12-13H,10-11H2,1-2H3,(H2,21,22,23). The molecule has 0 saturated heterocycles. The van der Waals surface area contributed by atoms with Crippen LogP contribution in [-0.4, -0.2) is 30.6 Å². The van der Waals surface area contributed by atoms with Crippen LogP contribution in [0.4, 0.5) is 4.39 Å². The molecule has 3 rings (SSSR count). The predicted octanol–water partition coefficient (Wildman–Crippen LogP) is 3.67. The van der Waals surface area contributed by atoms with Crippen molar-refractivity contribution >= 4 is 17.3 Å². The summed E-state index contributed by atoms with van der Waals surface area (Å²) in [5.41, 5.74) is 0.783. The van der Waals surface area contributed by atoms with Gasteiger partial charge in [0.1, 0.15) is 23.9 Å². The average Bonchev–Trinajstić information content (AvgIpc) is 3.33. The summed E-state index contributed by atoms with van der Waals surface area (Å²) in [4.78, 5) is 9.62. The van der Waals surface area contributed by atoms with Crippen LogP contribution in [0.2, 0.25) is 0 Å². The highest BCUT2D eigenvalue weighted by atomic mass is 32.1. The van der Waals surface area contributed by atoms with Crippen LogP contribution in [0.25, 0.3) is 10.8 Å². The topological polar surface area (TPSA) is 71.7 Å². The van der Waals surface area contributed by atoms with E-state index in [-0.39, 0.29) is 11.9 Å². The number of nitrogens with one attached hydrogen (secondary N) is 2. The number of hydrogen-bond donors (Lipinski definition) is 2. The van der Waals surface area contributed by atoms with Crippen LogP contribution in [0.3, 0.4) is 0 Å². The summed E-state index contributed by atoms with van der Waals surface area (Å²) in [7, 11) is 1.69. The van der Waals surface area contributed by atoms with Crippen LogP contribution in [-0.2, 0) is 6.54 Å². The molecule has 3 aromatic rings. The van der Waals surface area contributed by atoms with Crippen molar-refractivity contribution in [3.05, 3.63) is 59.6 Å². The largest absolute Gasteiger partial charge is 0.489 e. The molecule has 0 bridgehead atoms. The first-order valence-electron chi connectivity index (χ1n) is 8.49. The quantitative estimate of drug-likeness (QED) is 0.477. The molecule has 0 aliphatic heterocycles. The van der Waals surface area contributed by atoms with Crippen molar-refractivity contribution in [3.63, 3.8) is 0 Å². The Balaban J connectivity index is 1.45. The van der Waals surface area contributed by atoms with Gasteiger partial charge in [-0.15, -0.1) is 11.3 Å². The maximum atomic E-state index is 13.2. The minimum atomic E-state index is -0.320. The van der Waals surface area contributed by atoms with Gasteiger partial charge in [0.15, 0.2) is 5.96 Å². The lowest BCUT2D eigenvalue weighted by Crippen LogP contribution is -2.41. The van der Waals surface area contributed by atoms with Gasteiger partial charge in [0.2, 0.25) is 5.89 Å². The van der Waals surface area contributed by atoms with E-state index in [1.54, 1.807) is 36.8 Å². The zero-order chi connectivity index (χ0) is 19.1. The SMILES string of the molecule is CN=C(NCc1coc(-c2cccs2)n1)NCC(C)Oc1cccc(F)c1. The molecular weight excluding hydrogens is 367 g/mol. The van der Waals surface area contributed by atoms with E-state index >= 15 is 0 Å². The molecule has 6 nitrogen and oxygen atoms in total. The number of hydrogen-bond acceptors (Lipinski definition) is 5. The molecule has 1 aromatic carbocycles. The van der Waals surface area contributed by atoms with Gasteiger partial charge in [-0.1, -0.05) is 12.1 Å². The van der Waals surface area contributed by atoms with Gasteiger partial charge in [-0.3, -0.25) is 4.99 Å². The molecule has 2 heterocycles. The molecule has 1 atom stereocenters. The second-order valence-corrected chi connectivity index (χ2v) is 6.76. The van der Waals surface area contributed by atoms with E-state index in [0.29, 0.717) is 30.7 Å². The fourth-order valence-corrected chi connectivity index (χ4v) is 3.01. The molecule has 0 fully saturated rings. The number of thiophene rings is 1. The summed E-state index contributed by atoms with van der Waals surface area (Å²) in [6, 6.07) is 10.0. The third-order valence-corrected chi connectivity index (χ3v) is 4.49. The average molecular weight is 388 g/mol. The monoisotopic (exact) mass is 388 g/mol. The molecule has 0 amide bonds. The zero-order valence-corrected chi connectivity index (χ0v) is 15.9. The molecule has 2 aromatic heterocycles. The molecule has 0 saturated carbocycles. The summed E-state index contributed by atoms with van der Waals surface area (Å²) >= 11 is 1.58. The van der Waals surface area contributed by atoms with E-state index < -0.39 is 0 Å². The number of aliphatic imine (C=N–C) groups is 1. The molecule has 2 N–H and O–H groups in total. The van der Waals surface area contributed by atoms with Crippen LogP contribution in [0.15, 0.2) is 57.5 Å². The van der Waals surface area contributed by atoms with Gasteiger partial charge < -0.3 is 19.8 Å². The second-order valence-electron chi connectivity index (χ2n) is 5.81. The van der Waals surface area contributed by atoms with Crippen molar-refractivity contribution < 1.29 is 13.5 Å². The maximum Gasteiger partial charge on any atom is 0.236 e. The van der Waals surface area contributed by atoms with Crippen molar-refractivity contribution in [3.8, 4) is 16.5 Å². The Kier molecular flexibility index (Phi) is 6.43. The van der Waals surface area contributed by atoms with E-state index in [0.717, 1.165) is 10.6 Å². The van der Waals surface area contributed by atoms with E-state index in [1.807, 2.05) is 24.4 Å². The number of benzene rings is 1. The minimum absolute atomic E-state index is 0.164. The van der Waals surface area contributed by atoms with Crippen molar-refractivity contribution in [1.29, 1.82) is 0 Å². The number of nitrogens with zero attached hydrogens (tertiary/aromatic N) is 2. The fraction of sp³-hybridized carbons (Fsp3) is 0.263. The van der Waals surface area contributed by atoms with Gasteiger partial charge in [0, 0.05) is 13.1 Å². The molecule has 8 heteroatoms. The van der Waals surface area contributed by atoms with Gasteiger partial charge >= 0.3 is 0 Å². The van der Waals surface area contributed by atoms with Gasteiger partial charge in [0.05, 0.1) is 23.7 Å². The van der Waals surface area contributed by atoms with Gasteiger partial charge in [0.25, 0.3) is 0 Å². The number of rotatable bonds is 7. The Bertz CT molecular complexity index is 879. The maximum absolute atomic E-state index is 13.2. The van der Waals surface area contributed by atoms with Crippen molar-refractivity contribution in [2.24, 2.45) is 4.99 Å². The lowest BCUT2D eigenvalue weighted by molar-refractivity contribution is 0.223. The van der Waals surface area contributed by atoms with Crippen LogP contribution < -0.4 is 15.4 Å². The molecule has 1 unspecified atom stereocenters. The molecule has 142 valence electrons. The number of guanidine groups is 1. The molecule has 0 aliphatic rings. The highest BCUT2D eigenvalue weighted by Crippen LogP contribution is 2.23. The fourth-order valence-electron chi connectivity index (χ4n) is 2.35. The van der Waals surface area contributed by atoms with Crippen LogP contribution in [0.1, 0.15) is 12.6 Å². The Morgan fingerprint density at radius 3 is 2.96 bits per heavy atom. The third-order valence-electron chi connectivity index (χ3n) is 3.63. The van der Waals surface area contributed by atoms with Crippen LogP contribution in [0.5, 0.6) is 5.75 Å². The number of ether oxygens (including phenoxy) is 1. The Morgan fingerprint density at radius 2 is 2.22 bits per heavy atom. The van der Waals surface area contributed by atoms with Gasteiger partial charge in [-0.25, -0.2) is 9.37 Å². The van der Waals surface area contributed by atoms with Crippen molar-refractivity contribution in [2.75, 3.05) is 13.6 Å². The summed E-state index contributed by atoms with van der Waals surface area (Å²) < 4.78 is 24.4. The van der Waals surface area contributed by atoms with Crippen molar-refractivity contribution in [1.82, 2.24) is 15.6 Å². The smallest absolute Gasteiger partial charge is 0.236 e.